The van der Waals surface area contributed by atoms with Gasteiger partial charge in [-0.05, 0) is 48.5 Å². The van der Waals surface area contributed by atoms with E-state index in [1.54, 1.807) is 41.1 Å². The normalized spacial score (nSPS) is 10.7. The van der Waals surface area contributed by atoms with Crippen molar-refractivity contribution in [3.8, 4) is 11.5 Å². The molecule has 150 valence electrons. The predicted octanol–water partition coefficient (Wildman–Crippen LogP) is 5.85. The van der Waals surface area contributed by atoms with Gasteiger partial charge < -0.3 is 14.6 Å². The molecule has 0 atom stereocenters. The van der Waals surface area contributed by atoms with E-state index in [1.807, 2.05) is 36.4 Å². The van der Waals surface area contributed by atoms with Crippen LogP contribution in [0.5, 0.6) is 11.5 Å². The highest BCUT2D eigenvalue weighted by atomic mass is 79.9. The van der Waals surface area contributed by atoms with Gasteiger partial charge in [0.15, 0.2) is 11.2 Å². The van der Waals surface area contributed by atoms with Crippen molar-refractivity contribution in [3.05, 3.63) is 98.7 Å². The molecule has 1 heterocycles. The molecule has 0 fully saturated rings. The van der Waals surface area contributed by atoms with Crippen molar-refractivity contribution < 1.29 is 9.53 Å². The summed E-state index contributed by atoms with van der Waals surface area (Å²) in [5, 5.41) is 3.87. The lowest BCUT2D eigenvalue weighted by molar-refractivity contribution is -0.116. The number of nitrogens with zero attached hydrogens (tertiary/aromatic N) is 1. The fourth-order valence-electron chi connectivity index (χ4n) is 3.07. The number of rotatable bonds is 5. The van der Waals surface area contributed by atoms with Crippen LogP contribution in [0.25, 0.3) is 10.9 Å². The van der Waals surface area contributed by atoms with Crippen molar-refractivity contribution in [1.29, 1.82) is 0 Å². The molecule has 5 nitrogen and oxygen atoms in total. The van der Waals surface area contributed by atoms with Crippen molar-refractivity contribution in [3.63, 3.8) is 0 Å². The van der Waals surface area contributed by atoms with Crippen molar-refractivity contribution >= 4 is 50.0 Å². The molecule has 1 N–H and O–H groups in total. The molecular formula is C23H16BrClN2O3. The predicted molar refractivity (Wildman–Crippen MR) is 123 cm³/mol. The van der Waals surface area contributed by atoms with Crippen LogP contribution in [0.4, 0.5) is 5.69 Å². The third kappa shape index (κ3) is 4.56. The van der Waals surface area contributed by atoms with Gasteiger partial charge in [-0.25, -0.2) is 0 Å². The molecule has 0 radical (unpaired) electrons. The van der Waals surface area contributed by atoms with Crippen LogP contribution < -0.4 is 15.5 Å². The second kappa shape index (κ2) is 8.73. The molecule has 30 heavy (non-hydrogen) atoms. The van der Waals surface area contributed by atoms with E-state index in [0.29, 0.717) is 33.1 Å². The number of carbonyl (C=O) groups is 1. The molecular weight excluding hydrogens is 468 g/mol. The van der Waals surface area contributed by atoms with Crippen molar-refractivity contribution in [2.75, 3.05) is 5.32 Å². The third-order valence-electron chi connectivity index (χ3n) is 4.44. The van der Waals surface area contributed by atoms with Gasteiger partial charge in [-0.2, -0.15) is 0 Å². The number of hydrogen-bond donors (Lipinski definition) is 1. The first-order valence-electron chi connectivity index (χ1n) is 9.10. The number of carbonyl (C=O) groups excluding carboxylic acids is 1. The Balaban J connectivity index is 1.59. The highest BCUT2D eigenvalue weighted by Crippen LogP contribution is 2.32. The van der Waals surface area contributed by atoms with E-state index in [9.17, 15) is 9.59 Å². The number of ether oxygens (including phenoxy) is 1. The summed E-state index contributed by atoms with van der Waals surface area (Å²) in [6.07, 6.45) is 1.61. The summed E-state index contributed by atoms with van der Waals surface area (Å²) in [6, 6.07) is 21.1. The van der Waals surface area contributed by atoms with Crippen molar-refractivity contribution in [2.24, 2.45) is 0 Å². The van der Waals surface area contributed by atoms with Gasteiger partial charge in [0.05, 0.1) is 11.2 Å². The lowest BCUT2D eigenvalue weighted by atomic mass is 10.2. The van der Waals surface area contributed by atoms with Crippen molar-refractivity contribution in [1.82, 2.24) is 4.57 Å². The highest BCUT2D eigenvalue weighted by Gasteiger charge is 2.12. The van der Waals surface area contributed by atoms with Gasteiger partial charge in [0, 0.05) is 27.1 Å². The number of aromatic nitrogens is 1. The maximum Gasteiger partial charge on any atom is 0.244 e. The number of anilines is 1. The molecule has 0 saturated carbocycles. The number of benzene rings is 3. The molecule has 0 saturated heterocycles. The zero-order chi connectivity index (χ0) is 21.1. The minimum atomic E-state index is -0.275. The number of nitrogens with one attached hydrogen (secondary N) is 1. The highest BCUT2D eigenvalue weighted by molar-refractivity contribution is 9.10. The summed E-state index contributed by atoms with van der Waals surface area (Å²) in [4.78, 5) is 24.9. The Labute approximate surface area is 186 Å². The van der Waals surface area contributed by atoms with Crippen LogP contribution in [0.1, 0.15) is 0 Å². The Hall–Kier alpha value is -3.09. The Morgan fingerprint density at radius 3 is 2.63 bits per heavy atom. The van der Waals surface area contributed by atoms with E-state index in [2.05, 4.69) is 21.2 Å². The van der Waals surface area contributed by atoms with Crippen LogP contribution in [0.3, 0.4) is 0 Å². The van der Waals surface area contributed by atoms with Gasteiger partial charge in [-0.15, -0.1) is 0 Å². The van der Waals surface area contributed by atoms with Crippen LogP contribution in [0.15, 0.2) is 88.3 Å². The first-order chi connectivity index (χ1) is 14.5. The maximum absolute atomic E-state index is 12.8. The largest absolute Gasteiger partial charge is 0.455 e. The molecule has 0 spiro atoms. The van der Waals surface area contributed by atoms with E-state index in [-0.39, 0.29) is 17.9 Å². The van der Waals surface area contributed by atoms with Crippen molar-refractivity contribution in [2.45, 2.75) is 6.54 Å². The summed E-state index contributed by atoms with van der Waals surface area (Å²) in [7, 11) is 0. The van der Waals surface area contributed by atoms with Crippen LogP contribution in [0.2, 0.25) is 5.02 Å². The maximum atomic E-state index is 12.8. The Bertz CT molecular complexity index is 1290. The Kier molecular flexibility index (Phi) is 5.88. The SMILES string of the molecule is O=C(Cn1ccc(=O)c2cc(Br)ccc21)Nc1cc(Cl)ccc1Oc1ccccc1. The van der Waals surface area contributed by atoms with Gasteiger partial charge in [0.2, 0.25) is 5.91 Å². The van der Waals surface area contributed by atoms with Gasteiger partial charge in [0.25, 0.3) is 0 Å². The van der Waals surface area contributed by atoms with Gasteiger partial charge in [-0.3, -0.25) is 9.59 Å². The fraction of sp³-hybridized carbons (Fsp3) is 0.0435. The molecule has 7 heteroatoms. The minimum Gasteiger partial charge on any atom is -0.455 e. The number of pyridine rings is 1. The average Bonchev–Trinajstić information content (AvgIpc) is 2.73. The second-order valence-electron chi connectivity index (χ2n) is 6.57. The molecule has 3 aromatic carbocycles. The smallest absolute Gasteiger partial charge is 0.244 e. The molecule has 4 rings (SSSR count). The van der Waals surface area contributed by atoms with E-state index in [1.165, 1.54) is 6.07 Å². The van der Waals surface area contributed by atoms with E-state index >= 15 is 0 Å². The molecule has 1 aromatic heterocycles. The van der Waals surface area contributed by atoms with E-state index in [0.717, 1.165) is 4.47 Å². The molecule has 0 bridgehead atoms. The third-order valence-corrected chi connectivity index (χ3v) is 5.17. The monoisotopic (exact) mass is 482 g/mol. The van der Waals surface area contributed by atoms with Gasteiger partial charge in [-0.1, -0.05) is 45.7 Å². The summed E-state index contributed by atoms with van der Waals surface area (Å²) in [5.74, 6) is 0.850. The number of halogens is 2. The van der Waals surface area contributed by atoms with Gasteiger partial charge in [0.1, 0.15) is 12.3 Å². The average molecular weight is 484 g/mol. The van der Waals surface area contributed by atoms with E-state index < -0.39 is 0 Å². The standard InChI is InChI=1S/C23H16BrClN2O3/c24-15-6-8-20-18(12-15)21(28)10-11-27(20)14-23(29)26-19-13-16(25)7-9-22(19)30-17-4-2-1-3-5-17/h1-13H,14H2,(H,26,29). The zero-order valence-electron chi connectivity index (χ0n) is 15.6. The fourth-order valence-corrected chi connectivity index (χ4v) is 3.60. The summed E-state index contributed by atoms with van der Waals surface area (Å²) < 4.78 is 8.41. The van der Waals surface area contributed by atoms with Crippen LogP contribution >= 0.6 is 27.5 Å². The second-order valence-corrected chi connectivity index (χ2v) is 7.93. The number of fused-ring (bicyclic) bond motifs is 1. The number of para-hydroxylation sites is 1. The molecule has 0 aliphatic carbocycles. The summed E-state index contributed by atoms with van der Waals surface area (Å²) in [6.45, 7) is 0.0235. The summed E-state index contributed by atoms with van der Waals surface area (Å²) in [5.41, 5.74) is 1.04. The lowest BCUT2D eigenvalue weighted by Crippen LogP contribution is -2.20. The number of hydrogen-bond acceptors (Lipinski definition) is 3. The first kappa shape index (κ1) is 20.2. The van der Waals surface area contributed by atoms with Crippen LogP contribution in [0, 0.1) is 0 Å². The quantitative estimate of drug-likeness (QED) is 0.387. The number of amides is 1. The van der Waals surface area contributed by atoms with Crippen LogP contribution in [-0.2, 0) is 11.3 Å². The first-order valence-corrected chi connectivity index (χ1v) is 10.3. The van der Waals surface area contributed by atoms with Crippen LogP contribution in [-0.4, -0.2) is 10.5 Å². The van der Waals surface area contributed by atoms with E-state index in [4.69, 9.17) is 16.3 Å². The molecule has 4 aromatic rings. The molecule has 0 aliphatic heterocycles. The minimum absolute atomic E-state index is 0.0235. The topological polar surface area (TPSA) is 60.3 Å². The molecule has 0 unspecified atom stereocenters. The molecule has 0 aliphatic rings. The summed E-state index contributed by atoms with van der Waals surface area (Å²) >= 11 is 9.50. The Morgan fingerprint density at radius 2 is 1.83 bits per heavy atom. The van der Waals surface area contributed by atoms with Gasteiger partial charge >= 0.3 is 0 Å². The lowest BCUT2D eigenvalue weighted by Gasteiger charge is -2.14. The molecule has 1 amide bonds. The Morgan fingerprint density at radius 1 is 1.03 bits per heavy atom. The zero-order valence-corrected chi connectivity index (χ0v) is 18.0.